The van der Waals surface area contributed by atoms with Crippen LogP contribution in [0.5, 0.6) is 5.75 Å². The van der Waals surface area contributed by atoms with E-state index in [0.29, 0.717) is 17.8 Å². The molecule has 0 amide bonds. The molecular weight excluding hydrogens is 255 g/mol. The number of para-hydroxylation sites is 1. The summed E-state index contributed by atoms with van der Waals surface area (Å²) >= 11 is 0. The Labute approximate surface area is 119 Å². The molecule has 1 rings (SSSR count). The Morgan fingerprint density at radius 1 is 1.16 bits per heavy atom. The molecule has 108 valence electrons. The summed E-state index contributed by atoms with van der Waals surface area (Å²) in [6.07, 6.45) is 5.34. The number of hydrogen-bond acceptors (Lipinski definition) is 2. The molecule has 0 bridgehead atoms. The molecule has 0 saturated heterocycles. The normalized spacial score (nSPS) is 12.1. The average Bonchev–Trinajstić information content (AvgIpc) is 2.46. The maximum absolute atomic E-state index is 11.9. The van der Waals surface area contributed by atoms with Crippen molar-refractivity contribution in [2.45, 2.75) is 53.4 Å². The van der Waals surface area contributed by atoms with Crippen molar-refractivity contribution in [3.05, 3.63) is 30.3 Å². The van der Waals surface area contributed by atoms with Crippen LogP contribution in [0, 0.1) is 5.92 Å². The zero-order chi connectivity index (χ0) is 14.5. The summed E-state index contributed by atoms with van der Waals surface area (Å²) in [5, 5.41) is 0. The molecule has 2 nitrogen and oxygen atoms in total. The number of benzene rings is 1. The molecule has 2 unspecified atom stereocenters. The molecule has 1 aromatic rings. The van der Waals surface area contributed by atoms with E-state index in [1.165, 1.54) is 12.8 Å². The highest BCUT2D eigenvalue weighted by molar-refractivity contribution is 7.39. The van der Waals surface area contributed by atoms with Gasteiger partial charge in [0.15, 0.2) is 11.9 Å². The molecule has 0 aliphatic carbocycles. The third-order valence-corrected chi connectivity index (χ3v) is 4.13. The summed E-state index contributed by atoms with van der Waals surface area (Å²) in [5.41, 5.74) is 0. The highest BCUT2D eigenvalue weighted by atomic mass is 31.1. The molecule has 19 heavy (non-hydrogen) atoms. The fraction of sp³-hybridized carbons (Fsp3) is 0.625. The van der Waals surface area contributed by atoms with Crippen LogP contribution in [0.15, 0.2) is 30.3 Å². The standard InChI is InChI=1S/C14H22O2P.C2H6/c1-3-5-9-13(4-2)12-17(15)16-14-10-7-6-8-11-14;1-2/h6-8,10-11,13H,3-5,9,12H2,1-2H3;1-2H3/q+1;. The summed E-state index contributed by atoms with van der Waals surface area (Å²) in [5.74, 6) is 1.24. The van der Waals surface area contributed by atoms with Crippen molar-refractivity contribution in [1.82, 2.24) is 0 Å². The zero-order valence-electron chi connectivity index (χ0n) is 12.8. The topological polar surface area (TPSA) is 26.3 Å². The molecular formula is C16H28O2P+. The second kappa shape index (κ2) is 12.2. The fourth-order valence-corrected chi connectivity index (χ4v) is 3.06. The molecule has 0 N–H and O–H groups in total. The average molecular weight is 283 g/mol. The molecule has 0 radical (unpaired) electrons. The second-order valence-electron chi connectivity index (χ2n) is 4.34. The Bertz CT molecular complexity index is 325. The monoisotopic (exact) mass is 283 g/mol. The molecule has 0 fully saturated rings. The van der Waals surface area contributed by atoms with Crippen molar-refractivity contribution in [3.8, 4) is 5.75 Å². The largest absolute Gasteiger partial charge is 0.556 e. The number of rotatable bonds is 8. The molecule has 0 saturated carbocycles. The lowest BCUT2D eigenvalue weighted by atomic mass is 10.0. The minimum absolute atomic E-state index is 0.530. The van der Waals surface area contributed by atoms with Gasteiger partial charge in [0.1, 0.15) is 0 Å². The van der Waals surface area contributed by atoms with E-state index in [1.807, 2.05) is 44.2 Å². The second-order valence-corrected chi connectivity index (χ2v) is 5.55. The highest BCUT2D eigenvalue weighted by Gasteiger charge is 2.24. The third kappa shape index (κ3) is 8.77. The maximum atomic E-state index is 11.9. The van der Waals surface area contributed by atoms with Crippen LogP contribution in [0.1, 0.15) is 53.4 Å². The van der Waals surface area contributed by atoms with Gasteiger partial charge in [0.25, 0.3) is 0 Å². The van der Waals surface area contributed by atoms with E-state index in [2.05, 4.69) is 13.8 Å². The van der Waals surface area contributed by atoms with Gasteiger partial charge < -0.3 is 0 Å². The maximum Gasteiger partial charge on any atom is 0.556 e. The van der Waals surface area contributed by atoms with Gasteiger partial charge in [-0.15, -0.1) is 0 Å². The molecule has 0 aromatic heterocycles. The summed E-state index contributed by atoms with van der Waals surface area (Å²) < 4.78 is 17.3. The predicted octanol–water partition coefficient (Wildman–Crippen LogP) is 6.05. The van der Waals surface area contributed by atoms with Crippen LogP contribution in [0.25, 0.3) is 0 Å². The first-order chi connectivity index (χ1) is 9.26. The van der Waals surface area contributed by atoms with Crippen LogP contribution in [-0.4, -0.2) is 6.16 Å². The van der Waals surface area contributed by atoms with Crippen molar-refractivity contribution in [1.29, 1.82) is 0 Å². The van der Waals surface area contributed by atoms with Crippen LogP contribution in [-0.2, 0) is 4.57 Å². The van der Waals surface area contributed by atoms with Crippen molar-refractivity contribution in [3.63, 3.8) is 0 Å². The van der Waals surface area contributed by atoms with Crippen LogP contribution in [0.4, 0.5) is 0 Å². The van der Waals surface area contributed by atoms with E-state index < -0.39 is 8.03 Å². The lowest BCUT2D eigenvalue weighted by Gasteiger charge is -2.07. The number of hydrogen-bond donors (Lipinski definition) is 0. The van der Waals surface area contributed by atoms with E-state index in [-0.39, 0.29) is 0 Å². The van der Waals surface area contributed by atoms with E-state index >= 15 is 0 Å². The van der Waals surface area contributed by atoms with Crippen molar-refractivity contribution < 1.29 is 9.09 Å². The van der Waals surface area contributed by atoms with E-state index in [9.17, 15) is 4.57 Å². The van der Waals surface area contributed by atoms with E-state index in [1.54, 1.807) is 0 Å². The Hall–Kier alpha value is -0.880. The van der Waals surface area contributed by atoms with Crippen LogP contribution in [0.3, 0.4) is 0 Å². The van der Waals surface area contributed by atoms with Crippen LogP contribution >= 0.6 is 8.03 Å². The molecule has 2 atom stereocenters. The first-order valence-electron chi connectivity index (χ1n) is 7.44. The molecule has 3 heteroatoms. The molecule has 0 spiro atoms. The smallest absolute Gasteiger partial charge is 0.254 e. The summed E-state index contributed by atoms with van der Waals surface area (Å²) in [6, 6.07) is 9.41. The van der Waals surface area contributed by atoms with E-state index in [4.69, 9.17) is 4.52 Å². The van der Waals surface area contributed by atoms with Gasteiger partial charge in [0, 0.05) is 5.92 Å². The van der Waals surface area contributed by atoms with Gasteiger partial charge in [-0.2, -0.15) is 0 Å². The van der Waals surface area contributed by atoms with Crippen LogP contribution in [0.2, 0.25) is 0 Å². The third-order valence-electron chi connectivity index (χ3n) is 2.90. The fourth-order valence-electron chi connectivity index (χ4n) is 1.76. The molecule has 0 aliphatic rings. The van der Waals surface area contributed by atoms with Gasteiger partial charge in [-0.25, -0.2) is 0 Å². The lowest BCUT2D eigenvalue weighted by molar-refractivity contribution is 0.457. The summed E-state index contributed by atoms with van der Waals surface area (Å²) in [4.78, 5) is 0. The van der Waals surface area contributed by atoms with Gasteiger partial charge in [0.2, 0.25) is 0 Å². The Morgan fingerprint density at radius 2 is 1.79 bits per heavy atom. The molecule has 0 aliphatic heterocycles. The lowest BCUT2D eigenvalue weighted by Crippen LogP contribution is -2.03. The Kier molecular flexibility index (Phi) is 11.6. The van der Waals surface area contributed by atoms with Crippen LogP contribution < -0.4 is 4.52 Å². The van der Waals surface area contributed by atoms with Gasteiger partial charge in [0.05, 0.1) is 0 Å². The molecule has 1 aromatic carbocycles. The highest BCUT2D eigenvalue weighted by Crippen LogP contribution is 2.31. The Morgan fingerprint density at radius 3 is 2.32 bits per heavy atom. The van der Waals surface area contributed by atoms with E-state index in [0.717, 1.165) is 12.8 Å². The number of unbranched alkanes of at least 4 members (excludes halogenated alkanes) is 1. The van der Waals surface area contributed by atoms with Crippen molar-refractivity contribution >= 4 is 8.03 Å². The van der Waals surface area contributed by atoms with Gasteiger partial charge in [-0.1, -0.05) is 58.7 Å². The van der Waals surface area contributed by atoms with Gasteiger partial charge in [-0.05, 0) is 29.5 Å². The molecule has 0 heterocycles. The predicted molar refractivity (Wildman–Crippen MR) is 84.2 cm³/mol. The Balaban J connectivity index is 0.00000154. The van der Waals surface area contributed by atoms with Gasteiger partial charge in [-0.3, -0.25) is 4.52 Å². The quantitative estimate of drug-likeness (QED) is 0.543. The minimum atomic E-state index is -1.57. The first kappa shape index (κ1) is 18.1. The van der Waals surface area contributed by atoms with Gasteiger partial charge >= 0.3 is 8.03 Å². The zero-order valence-corrected chi connectivity index (χ0v) is 13.7. The summed E-state index contributed by atoms with van der Waals surface area (Å²) in [7, 11) is -1.57. The minimum Gasteiger partial charge on any atom is -0.254 e. The summed E-state index contributed by atoms with van der Waals surface area (Å²) in [6.45, 7) is 8.35. The van der Waals surface area contributed by atoms with Crippen molar-refractivity contribution in [2.75, 3.05) is 6.16 Å². The van der Waals surface area contributed by atoms with Crippen molar-refractivity contribution in [2.24, 2.45) is 5.92 Å². The first-order valence-corrected chi connectivity index (χ1v) is 8.80. The SMILES string of the molecule is CC.CCCCC(CC)C[P+](=O)Oc1ccccc1.